The Morgan fingerprint density at radius 2 is 2.20 bits per heavy atom. The predicted octanol–water partition coefficient (Wildman–Crippen LogP) is 4.09. The summed E-state index contributed by atoms with van der Waals surface area (Å²) in [6.45, 7) is 4.85. The topological polar surface area (TPSA) is 47.9 Å². The summed E-state index contributed by atoms with van der Waals surface area (Å²) in [7, 11) is 1.78. The molecule has 4 heteroatoms. The molecule has 0 bridgehead atoms. The zero-order valence-electron chi connectivity index (χ0n) is 15.0. The van der Waals surface area contributed by atoms with Crippen molar-refractivity contribution in [3.05, 3.63) is 58.1 Å². The van der Waals surface area contributed by atoms with E-state index >= 15 is 0 Å². The third-order valence-electron chi connectivity index (χ3n) is 6.11. The molecule has 1 N–H and O–H groups in total. The Kier molecular flexibility index (Phi) is 3.03. The molecule has 0 aromatic rings. The number of methoxy groups -OCH3 is 1. The minimum atomic E-state index is -1.00. The normalized spacial score (nSPS) is 37.8. The number of rotatable bonds is 3. The number of fused-ring (bicyclic) bond motifs is 5. The second kappa shape index (κ2) is 4.89. The van der Waals surface area contributed by atoms with Crippen molar-refractivity contribution in [3.63, 3.8) is 0 Å². The fourth-order valence-electron chi connectivity index (χ4n) is 4.86. The smallest absolute Gasteiger partial charge is 0.268 e. The first kappa shape index (κ1) is 15.5. The highest BCUT2D eigenvalue weighted by Crippen LogP contribution is 2.63. The first-order valence-electron chi connectivity index (χ1n) is 9.15. The van der Waals surface area contributed by atoms with Crippen LogP contribution in [0.25, 0.3) is 0 Å². The number of ether oxygens (including phenoxy) is 3. The maximum atomic E-state index is 10.7. The molecule has 5 rings (SSSR count). The molecular weight excluding hydrogens is 316 g/mol. The standard InChI is InChI=1S/C21H24O4/c1-12(2)9-18-14-5-4-6-17(22)19(14)21(25-18)15-8-7-13-10-20(13,23-3)16(15)11-24-21/h4,6-8,12-13,22H,5,9-11H2,1-3H3. The third kappa shape index (κ3) is 1.84. The van der Waals surface area contributed by atoms with Crippen molar-refractivity contribution in [1.82, 2.24) is 0 Å². The first-order valence-corrected chi connectivity index (χ1v) is 9.15. The average molecular weight is 340 g/mol. The van der Waals surface area contributed by atoms with Crippen LogP contribution >= 0.6 is 0 Å². The summed E-state index contributed by atoms with van der Waals surface area (Å²) in [5.74, 6) is 1.12. The summed E-state index contributed by atoms with van der Waals surface area (Å²) in [4.78, 5) is 0. The quantitative estimate of drug-likeness (QED) is 0.841. The molecule has 3 aliphatic carbocycles. The van der Waals surface area contributed by atoms with Gasteiger partial charge in [-0.1, -0.05) is 32.1 Å². The van der Waals surface area contributed by atoms with Crippen molar-refractivity contribution < 1.29 is 19.3 Å². The van der Waals surface area contributed by atoms with E-state index in [9.17, 15) is 5.11 Å². The molecule has 0 saturated heterocycles. The Bertz CT molecular complexity index is 810. The second-order valence-corrected chi connectivity index (χ2v) is 8.03. The van der Waals surface area contributed by atoms with Crippen LogP contribution < -0.4 is 0 Å². The van der Waals surface area contributed by atoms with Gasteiger partial charge >= 0.3 is 0 Å². The van der Waals surface area contributed by atoms with Crippen LogP contribution in [0.1, 0.15) is 33.1 Å². The Hall–Kier alpha value is -1.78. The molecule has 1 fully saturated rings. The lowest BCUT2D eigenvalue weighted by atomic mass is 9.84. The molecule has 2 heterocycles. The van der Waals surface area contributed by atoms with Crippen molar-refractivity contribution in [1.29, 1.82) is 0 Å². The Morgan fingerprint density at radius 1 is 1.36 bits per heavy atom. The van der Waals surface area contributed by atoms with Gasteiger partial charge in [-0.25, -0.2) is 0 Å². The highest BCUT2D eigenvalue weighted by Gasteiger charge is 2.65. The van der Waals surface area contributed by atoms with Crippen LogP contribution in [0.15, 0.2) is 58.1 Å². The van der Waals surface area contributed by atoms with E-state index < -0.39 is 5.79 Å². The highest BCUT2D eigenvalue weighted by molar-refractivity contribution is 5.62. The van der Waals surface area contributed by atoms with Crippen LogP contribution in [0.3, 0.4) is 0 Å². The fraction of sp³-hybridized carbons (Fsp3) is 0.524. The molecule has 132 valence electrons. The van der Waals surface area contributed by atoms with Crippen molar-refractivity contribution in [2.75, 3.05) is 13.7 Å². The van der Waals surface area contributed by atoms with E-state index in [1.165, 1.54) is 5.57 Å². The van der Waals surface area contributed by atoms with Crippen molar-refractivity contribution in [2.24, 2.45) is 11.8 Å². The van der Waals surface area contributed by atoms with Crippen molar-refractivity contribution in [2.45, 2.75) is 44.5 Å². The second-order valence-electron chi connectivity index (χ2n) is 8.03. The molecular formula is C21H24O4. The minimum absolute atomic E-state index is 0.224. The van der Waals surface area contributed by atoms with E-state index in [0.717, 1.165) is 41.7 Å². The highest BCUT2D eigenvalue weighted by atomic mass is 16.7. The molecule has 25 heavy (non-hydrogen) atoms. The van der Waals surface area contributed by atoms with Crippen LogP contribution in [0, 0.1) is 11.8 Å². The summed E-state index contributed by atoms with van der Waals surface area (Å²) in [6, 6.07) is 0. The van der Waals surface area contributed by atoms with Gasteiger partial charge in [0.25, 0.3) is 5.79 Å². The molecule has 1 saturated carbocycles. The van der Waals surface area contributed by atoms with E-state index in [-0.39, 0.29) is 11.4 Å². The Labute approximate surface area is 148 Å². The molecule has 3 atom stereocenters. The molecule has 0 aromatic heterocycles. The van der Waals surface area contributed by atoms with E-state index in [1.54, 1.807) is 13.2 Å². The van der Waals surface area contributed by atoms with Gasteiger partial charge in [-0.05, 0) is 30.4 Å². The lowest BCUT2D eigenvalue weighted by Gasteiger charge is -2.30. The summed E-state index contributed by atoms with van der Waals surface area (Å²) in [5, 5.41) is 10.7. The molecule has 4 nitrogen and oxygen atoms in total. The zero-order valence-corrected chi connectivity index (χ0v) is 15.0. The van der Waals surface area contributed by atoms with Gasteiger partial charge in [0.1, 0.15) is 11.5 Å². The largest absolute Gasteiger partial charge is 0.507 e. The molecule has 1 spiro atoms. The zero-order chi connectivity index (χ0) is 17.4. The molecule has 0 amide bonds. The number of hydrogen-bond acceptors (Lipinski definition) is 4. The van der Waals surface area contributed by atoms with Crippen LogP contribution in [-0.2, 0) is 14.2 Å². The van der Waals surface area contributed by atoms with Gasteiger partial charge < -0.3 is 19.3 Å². The van der Waals surface area contributed by atoms with Gasteiger partial charge in [0, 0.05) is 30.6 Å². The van der Waals surface area contributed by atoms with Crippen LogP contribution in [0.4, 0.5) is 0 Å². The monoisotopic (exact) mass is 340 g/mol. The van der Waals surface area contributed by atoms with E-state index in [1.807, 2.05) is 6.08 Å². The number of allylic oxidation sites excluding steroid dienone is 3. The van der Waals surface area contributed by atoms with E-state index in [4.69, 9.17) is 14.2 Å². The van der Waals surface area contributed by atoms with Gasteiger partial charge in [0.15, 0.2) is 0 Å². The SMILES string of the molecule is COC12CC1C=CC1=C2COC12OC(CC(C)C)=C1CC=CC(O)=C12. The third-order valence-corrected chi connectivity index (χ3v) is 6.11. The summed E-state index contributed by atoms with van der Waals surface area (Å²) < 4.78 is 18.7. The van der Waals surface area contributed by atoms with Gasteiger partial charge in [0.05, 0.1) is 17.8 Å². The van der Waals surface area contributed by atoms with E-state index in [0.29, 0.717) is 18.4 Å². The number of hydrogen-bond donors (Lipinski definition) is 1. The molecule has 5 aliphatic rings. The lowest BCUT2D eigenvalue weighted by molar-refractivity contribution is -0.131. The first-order chi connectivity index (χ1) is 12.0. The molecule has 2 aliphatic heterocycles. The predicted molar refractivity (Wildman–Crippen MR) is 93.7 cm³/mol. The molecule has 0 radical (unpaired) electrons. The van der Waals surface area contributed by atoms with Crippen molar-refractivity contribution >= 4 is 0 Å². The number of aliphatic hydroxyl groups is 1. The van der Waals surface area contributed by atoms with E-state index in [2.05, 4.69) is 26.0 Å². The Balaban J connectivity index is 1.66. The van der Waals surface area contributed by atoms with Crippen LogP contribution in [0.5, 0.6) is 0 Å². The number of aliphatic hydroxyl groups excluding tert-OH is 1. The summed E-state index contributed by atoms with van der Waals surface area (Å²) in [5.41, 5.74) is 3.86. The Morgan fingerprint density at radius 3 is 2.96 bits per heavy atom. The summed E-state index contributed by atoms with van der Waals surface area (Å²) in [6.07, 6.45) is 10.7. The maximum Gasteiger partial charge on any atom is 0.268 e. The van der Waals surface area contributed by atoms with Gasteiger partial charge in [-0.2, -0.15) is 0 Å². The molecule has 0 aromatic carbocycles. The maximum absolute atomic E-state index is 10.7. The minimum Gasteiger partial charge on any atom is -0.507 e. The lowest BCUT2D eigenvalue weighted by Crippen LogP contribution is -2.35. The van der Waals surface area contributed by atoms with Gasteiger partial charge in [0.2, 0.25) is 0 Å². The summed E-state index contributed by atoms with van der Waals surface area (Å²) >= 11 is 0. The van der Waals surface area contributed by atoms with Crippen molar-refractivity contribution in [3.8, 4) is 0 Å². The van der Waals surface area contributed by atoms with Crippen LogP contribution in [-0.4, -0.2) is 30.2 Å². The average Bonchev–Trinajstić information content (AvgIpc) is 3.10. The van der Waals surface area contributed by atoms with Crippen LogP contribution in [0.2, 0.25) is 0 Å². The van der Waals surface area contributed by atoms with Gasteiger partial charge in [-0.15, -0.1) is 0 Å². The molecule has 3 unspecified atom stereocenters. The fourth-order valence-corrected chi connectivity index (χ4v) is 4.86. The van der Waals surface area contributed by atoms with Gasteiger partial charge in [-0.3, -0.25) is 0 Å².